The van der Waals surface area contributed by atoms with E-state index in [-0.39, 0.29) is 6.10 Å². The van der Waals surface area contributed by atoms with E-state index < -0.39 is 0 Å². The molecular weight excluding hydrogens is 144 g/mol. The summed E-state index contributed by atoms with van der Waals surface area (Å²) in [5.74, 6) is 7.00. The minimum atomic E-state index is -0.105. The lowest BCUT2D eigenvalue weighted by Gasteiger charge is -2.20. The van der Waals surface area contributed by atoms with Crippen LogP contribution in [0.4, 0.5) is 0 Å². The van der Waals surface area contributed by atoms with Crippen LogP contribution in [0.5, 0.6) is 0 Å². The third kappa shape index (κ3) is 2.24. The van der Waals surface area contributed by atoms with Crippen molar-refractivity contribution < 1.29 is 5.11 Å². The lowest BCUT2D eigenvalue weighted by molar-refractivity contribution is 0.161. The Labute approximate surface area is 66.2 Å². The van der Waals surface area contributed by atoms with Gasteiger partial charge in [-0.2, -0.15) is 0 Å². The van der Waals surface area contributed by atoms with Crippen LogP contribution < -0.4 is 0 Å². The predicted molar refractivity (Wildman–Crippen MR) is 44.9 cm³/mol. The predicted octanol–water partition coefficient (Wildman–Crippen LogP) is 1.27. The minimum absolute atomic E-state index is 0.105. The summed E-state index contributed by atoms with van der Waals surface area (Å²) >= 11 is 1.86. The highest BCUT2D eigenvalue weighted by atomic mass is 32.2. The van der Waals surface area contributed by atoms with Crippen molar-refractivity contribution in [2.75, 3.05) is 5.75 Å². The smallest absolute Gasteiger partial charge is 0.0681 e. The SMILES string of the molecule is CC#CC1CC(O)CCS1. The van der Waals surface area contributed by atoms with Crippen LogP contribution in [0.2, 0.25) is 0 Å². The molecule has 2 unspecified atom stereocenters. The van der Waals surface area contributed by atoms with Crippen LogP contribution >= 0.6 is 11.8 Å². The van der Waals surface area contributed by atoms with Crippen LogP contribution in [0.1, 0.15) is 19.8 Å². The lowest BCUT2D eigenvalue weighted by atomic mass is 10.1. The van der Waals surface area contributed by atoms with E-state index in [2.05, 4.69) is 11.8 Å². The standard InChI is InChI=1S/C8H12OS/c1-2-3-8-6-7(9)4-5-10-8/h7-9H,4-6H2,1H3. The molecule has 1 heterocycles. The van der Waals surface area contributed by atoms with Gasteiger partial charge in [-0.25, -0.2) is 0 Å². The van der Waals surface area contributed by atoms with E-state index in [1.165, 1.54) is 0 Å². The highest BCUT2D eigenvalue weighted by Gasteiger charge is 2.18. The Kier molecular flexibility index (Phi) is 3.11. The second-order valence-corrected chi connectivity index (χ2v) is 3.74. The van der Waals surface area contributed by atoms with E-state index in [1.807, 2.05) is 18.7 Å². The van der Waals surface area contributed by atoms with Crippen LogP contribution in [-0.4, -0.2) is 22.2 Å². The third-order valence-corrected chi connectivity index (χ3v) is 2.75. The fourth-order valence-corrected chi connectivity index (χ4v) is 2.29. The van der Waals surface area contributed by atoms with Crippen molar-refractivity contribution in [3.05, 3.63) is 0 Å². The Morgan fingerprint density at radius 3 is 3.00 bits per heavy atom. The largest absolute Gasteiger partial charge is 0.393 e. The van der Waals surface area contributed by atoms with Gasteiger partial charge in [0.1, 0.15) is 0 Å². The van der Waals surface area contributed by atoms with Gasteiger partial charge in [0, 0.05) is 0 Å². The minimum Gasteiger partial charge on any atom is -0.393 e. The van der Waals surface area contributed by atoms with Gasteiger partial charge in [0.25, 0.3) is 0 Å². The molecule has 0 aromatic carbocycles. The number of hydrogen-bond acceptors (Lipinski definition) is 2. The zero-order valence-electron chi connectivity index (χ0n) is 6.13. The molecule has 1 aliphatic rings. The van der Waals surface area contributed by atoms with Crippen LogP contribution in [0, 0.1) is 11.8 Å². The maximum absolute atomic E-state index is 9.23. The summed E-state index contributed by atoms with van der Waals surface area (Å²) in [5.41, 5.74) is 0. The molecule has 1 N–H and O–H groups in total. The summed E-state index contributed by atoms with van der Waals surface area (Å²) in [6, 6.07) is 0. The molecule has 0 aliphatic carbocycles. The molecule has 1 nitrogen and oxygen atoms in total. The first-order chi connectivity index (χ1) is 4.83. The first kappa shape index (κ1) is 7.97. The van der Waals surface area contributed by atoms with E-state index in [9.17, 15) is 5.11 Å². The fraction of sp³-hybridized carbons (Fsp3) is 0.750. The number of aliphatic hydroxyl groups excluding tert-OH is 1. The highest BCUT2D eigenvalue weighted by Crippen LogP contribution is 2.24. The Bertz CT molecular complexity index is 156. The zero-order valence-corrected chi connectivity index (χ0v) is 6.95. The maximum Gasteiger partial charge on any atom is 0.0681 e. The second-order valence-electron chi connectivity index (χ2n) is 2.43. The van der Waals surface area contributed by atoms with Crippen LogP contribution in [0.3, 0.4) is 0 Å². The van der Waals surface area contributed by atoms with Crippen molar-refractivity contribution in [2.45, 2.75) is 31.1 Å². The molecule has 1 rings (SSSR count). The molecule has 0 bridgehead atoms. The Balaban J connectivity index is 2.37. The van der Waals surface area contributed by atoms with Crippen LogP contribution in [0.25, 0.3) is 0 Å². The molecule has 0 radical (unpaired) electrons. The maximum atomic E-state index is 9.23. The fourth-order valence-electron chi connectivity index (χ4n) is 1.04. The molecule has 56 valence electrons. The summed E-state index contributed by atoms with van der Waals surface area (Å²) in [4.78, 5) is 0. The Morgan fingerprint density at radius 1 is 1.60 bits per heavy atom. The first-order valence-corrected chi connectivity index (χ1v) is 4.59. The quantitative estimate of drug-likeness (QED) is 0.533. The molecule has 1 aliphatic heterocycles. The van der Waals surface area contributed by atoms with E-state index in [0.29, 0.717) is 5.25 Å². The molecule has 0 aromatic rings. The average Bonchev–Trinajstić information content (AvgIpc) is 1.88. The van der Waals surface area contributed by atoms with Gasteiger partial charge < -0.3 is 5.11 Å². The van der Waals surface area contributed by atoms with E-state index in [4.69, 9.17) is 0 Å². The third-order valence-electron chi connectivity index (χ3n) is 1.56. The van der Waals surface area contributed by atoms with Crippen molar-refractivity contribution in [3.8, 4) is 11.8 Å². The summed E-state index contributed by atoms with van der Waals surface area (Å²) in [5, 5.41) is 9.61. The number of hydrogen-bond donors (Lipinski definition) is 1. The van der Waals surface area contributed by atoms with E-state index in [1.54, 1.807) is 0 Å². The summed E-state index contributed by atoms with van der Waals surface area (Å²) in [6.45, 7) is 1.85. The van der Waals surface area contributed by atoms with E-state index in [0.717, 1.165) is 18.6 Å². The molecule has 10 heavy (non-hydrogen) atoms. The summed E-state index contributed by atoms with van der Waals surface area (Å²) in [6.07, 6.45) is 1.69. The number of rotatable bonds is 0. The number of aliphatic hydroxyl groups is 1. The molecule has 1 saturated heterocycles. The van der Waals surface area contributed by atoms with Gasteiger partial charge in [-0.15, -0.1) is 17.7 Å². The average molecular weight is 156 g/mol. The number of thioether (sulfide) groups is 1. The summed E-state index contributed by atoms with van der Waals surface area (Å²) in [7, 11) is 0. The van der Waals surface area contributed by atoms with Crippen LogP contribution in [0.15, 0.2) is 0 Å². The van der Waals surface area contributed by atoms with Crippen molar-refractivity contribution in [3.63, 3.8) is 0 Å². The van der Waals surface area contributed by atoms with Crippen LogP contribution in [-0.2, 0) is 0 Å². The summed E-state index contributed by atoms with van der Waals surface area (Å²) < 4.78 is 0. The van der Waals surface area contributed by atoms with Gasteiger partial charge in [0.15, 0.2) is 0 Å². The van der Waals surface area contributed by atoms with E-state index >= 15 is 0 Å². The molecule has 2 atom stereocenters. The molecule has 2 heteroatoms. The molecular formula is C8H12OS. The van der Waals surface area contributed by atoms with Gasteiger partial charge >= 0.3 is 0 Å². The lowest BCUT2D eigenvalue weighted by Crippen LogP contribution is -2.20. The van der Waals surface area contributed by atoms with Gasteiger partial charge in [-0.1, -0.05) is 5.92 Å². The molecule has 0 saturated carbocycles. The van der Waals surface area contributed by atoms with Gasteiger partial charge in [-0.3, -0.25) is 0 Å². The van der Waals surface area contributed by atoms with Crippen molar-refractivity contribution in [2.24, 2.45) is 0 Å². The molecule has 0 spiro atoms. The Morgan fingerprint density at radius 2 is 2.40 bits per heavy atom. The van der Waals surface area contributed by atoms with Gasteiger partial charge in [0.2, 0.25) is 0 Å². The normalized spacial score (nSPS) is 32.6. The van der Waals surface area contributed by atoms with Gasteiger partial charge in [0.05, 0.1) is 11.4 Å². The highest BCUT2D eigenvalue weighted by molar-refractivity contribution is 8.00. The topological polar surface area (TPSA) is 20.2 Å². The first-order valence-electron chi connectivity index (χ1n) is 3.55. The van der Waals surface area contributed by atoms with Crippen molar-refractivity contribution in [1.29, 1.82) is 0 Å². The van der Waals surface area contributed by atoms with Gasteiger partial charge in [-0.05, 0) is 25.5 Å². The monoisotopic (exact) mass is 156 g/mol. The Hall–Kier alpha value is -0.130. The van der Waals surface area contributed by atoms with Crippen molar-refractivity contribution in [1.82, 2.24) is 0 Å². The second kappa shape index (κ2) is 3.90. The molecule has 0 amide bonds. The van der Waals surface area contributed by atoms with Crippen molar-refractivity contribution >= 4 is 11.8 Å². The molecule has 1 fully saturated rings. The zero-order chi connectivity index (χ0) is 7.40. The molecule has 0 aromatic heterocycles.